The number of thiazole rings is 1. The maximum atomic E-state index is 14.3. The molecular weight excluding hydrogens is 516 g/mol. The quantitative estimate of drug-likeness (QED) is 0.238. The van der Waals surface area contributed by atoms with Crippen molar-refractivity contribution in [3.8, 4) is 0 Å². The molecule has 0 unspecified atom stereocenters. The number of benzene rings is 3. The summed E-state index contributed by atoms with van der Waals surface area (Å²) in [6, 6.07) is 17.0. The first kappa shape index (κ1) is 26.8. The van der Waals surface area contributed by atoms with Gasteiger partial charge in [0.05, 0.1) is 16.1 Å². The normalized spacial score (nSPS) is 11.8. The highest BCUT2D eigenvalue weighted by molar-refractivity contribution is 7.89. The lowest BCUT2D eigenvalue weighted by atomic mass is 10.1. The predicted molar refractivity (Wildman–Crippen MR) is 142 cm³/mol. The zero-order valence-corrected chi connectivity index (χ0v) is 22.2. The van der Waals surface area contributed by atoms with Gasteiger partial charge in [0.15, 0.2) is 10.9 Å². The van der Waals surface area contributed by atoms with E-state index in [2.05, 4.69) is 4.98 Å². The molecule has 0 N–H and O–H groups in total. The van der Waals surface area contributed by atoms with Gasteiger partial charge < -0.3 is 0 Å². The van der Waals surface area contributed by atoms with Crippen LogP contribution in [-0.4, -0.2) is 36.7 Å². The van der Waals surface area contributed by atoms with Gasteiger partial charge in [-0.05, 0) is 48.7 Å². The lowest BCUT2D eigenvalue weighted by Gasteiger charge is -2.22. The number of sulfonamides is 1. The molecule has 1 heterocycles. The third kappa shape index (κ3) is 5.87. The van der Waals surface area contributed by atoms with Crippen molar-refractivity contribution in [3.63, 3.8) is 0 Å². The second-order valence-electron chi connectivity index (χ2n) is 8.54. The molecular formula is C27H27F2N3O3S2. The Bertz CT molecular complexity index is 1480. The van der Waals surface area contributed by atoms with E-state index < -0.39 is 27.6 Å². The van der Waals surface area contributed by atoms with E-state index in [1.165, 1.54) is 39.5 Å². The zero-order valence-electron chi connectivity index (χ0n) is 20.5. The molecule has 37 heavy (non-hydrogen) atoms. The van der Waals surface area contributed by atoms with Crippen LogP contribution >= 0.6 is 11.3 Å². The highest BCUT2D eigenvalue weighted by atomic mass is 32.2. The lowest BCUT2D eigenvalue weighted by Crippen LogP contribution is -2.33. The number of carbonyl (C=O) groups is 1. The van der Waals surface area contributed by atoms with Gasteiger partial charge >= 0.3 is 0 Å². The number of hydrogen-bond acceptors (Lipinski definition) is 5. The summed E-state index contributed by atoms with van der Waals surface area (Å²) < 4.78 is 56.1. The maximum absolute atomic E-state index is 14.3. The van der Waals surface area contributed by atoms with E-state index in [4.69, 9.17) is 0 Å². The first-order chi connectivity index (χ1) is 17.7. The van der Waals surface area contributed by atoms with Crippen LogP contribution < -0.4 is 4.90 Å². The molecule has 0 bridgehead atoms. The minimum Gasteiger partial charge on any atom is -0.279 e. The van der Waals surface area contributed by atoms with Crippen LogP contribution in [0.5, 0.6) is 0 Å². The Morgan fingerprint density at radius 3 is 2.22 bits per heavy atom. The molecule has 0 aliphatic heterocycles. The summed E-state index contributed by atoms with van der Waals surface area (Å²) in [5, 5.41) is 0.210. The number of amides is 1. The number of halogens is 2. The molecule has 6 nitrogen and oxygen atoms in total. The minimum atomic E-state index is -3.69. The first-order valence-electron chi connectivity index (χ1n) is 12.0. The highest BCUT2D eigenvalue weighted by Crippen LogP contribution is 2.33. The number of hydrogen-bond donors (Lipinski definition) is 0. The van der Waals surface area contributed by atoms with Crippen LogP contribution in [0.1, 0.15) is 42.6 Å². The van der Waals surface area contributed by atoms with E-state index in [1.807, 2.05) is 44.2 Å². The number of fused-ring (bicyclic) bond motifs is 1. The van der Waals surface area contributed by atoms with Crippen LogP contribution in [0.3, 0.4) is 0 Å². The van der Waals surface area contributed by atoms with Gasteiger partial charge in [-0.1, -0.05) is 55.5 Å². The number of anilines is 1. The topological polar surface area (TPSA) is 70.6 Å². The van der Waals surface area contributed by atoms with Crippen molar-refractivity contribution >= 4 is 42.6 Å². The molecule has 0 spiro atoms. The maximum Gasteiger partial charge on any atom is 0.260 e. The molecule has 0 aliphatic rings. The number of nitrogens with zero attached hydrogens (tertiary/aromatic N) is 3. The van der Waals surface area contributed by atoms with Gasteiger partial charge in [0.2, 0.25) is 10.0 Å². The van der Waals surface area contributed by atoms with Crippen LogP contribution in [-0.2, 0) is 16.6 Å². The molecule has 10 heteroatoms. The Balaban J connectivity index is 1.70. The zero-order chi connectivity index (χ0) is 26.6. The molecule has 0 fully saturated rings. The van der Waals surface area contributed by atoms with Crippen molar-refractivity contribution in [2.24, 2.45) is 0 Å². The van der Waals surface area contributed by atoms with Crippen LogP contribution in [0.25, 0.3) is 10.2 Å². The summed E-state index contributed by atoms with van der Waals surface area (Å²) in [6.07, 6.45) is 1.38. The van der Waals surface area contributed by atoms with Crippen molar-refractivity contribution in [1.29, 1.82) is 0 Å². The molecule has 0 atom stereocenters. The summed E-state index contributed by atoms with van der Waals surface area (Å²) in [5.41, 5.74) is 1.05. The molecule has 3 aromatic carbocycles. The van der Waals surface area contributed by atoms with Gasteiger partial charge in [-0.2, -0.15) is 4.31 Å². The Hall–Kier alpha value is -3.21. The minimum absolute atomic E-state index is 0.0133. The summed E-state index contributed by atoms with van der Waals surface area (Å²) in [5.74, 6) is -1.97. The van der Waals surface area contributed by atoms with E-state index in [-0.39, 0.29) is 32.4 Å². The van der Waals surface area contributed by atoms with Gasteiger partial charge in [0.25, 0.3) is 5.91 Å². The molecule has 0 saturated carbocycles. The van der Waals surface area contributed by atoms with Crippen molar-refractivity contribution in [2.75, 3.05) is 18.0 Å². The van der Waals surface area contributed by atoms with Crippen molar-refractivity contribution in [2.45, 2.75) is 38.1 Å². The average molecular weight is 544 g/mol. The van der Waals surface area contributed by atoms with Gasteiger partial charge in [0.1, 0.15) is 11.3 Å². The van der Waals surface area contributed by atoms with E-state index in [9.17, 15) is 22.0 Å². The summed E-state index contributed by atoms with van der Waals surface area (Å²) in [7, 11) is -3.69. The van der Waals surface area contributed by atoms with E-state index in [0.717, 1.165) is 23.0 Å². The fourth-order valence-corrected chi connectivity index (χ4v) is 6.61. The first-order valence-corrected chi connectivity index (χ1v) is 14.2. The molecule has 0 radical (unpaired) electrons. The van der Waals surface area contributed by atoms with Gasteiger partial charge in [0, 0.05) is 24.7 Å². The monoisotopic (exact) mass is 543 g/mol. The Morgan fingerprint density at radius 2 is 1.59 bits per heavy atom. The second kappa shape index (κ2) is 11.5. The molecule has 4 rings (SSSR count). The Kier molecular flexibility index (Phi) is 8.31. The molecule has 1 aromatic heterocycles. The predicted octanol–water partition coefficient (Wildman–Crippen LogP) is 6.23. The van der Waals surface area contributed by atoms with Crippen LogP contribution in [0, 0.1) is 11.6 Å². The van der Waals surface area contributed by atoms with Crippen molar-refractivity contribution in [1.82, 2.24) is 9.29 Å². The molecule has 4 aromatic rings. The van der Waals surface area contributed by atoms with Gasteiger partial charge in [-0.25, -0.2) is 22.2 Å². The summed E-state index contributed by atoms with van der Waals surface area (Å²) in [6.45, 7) is 4.81. The van der Waals surface area contributed by atoms with Crippen molar-refractivity contribution in [3.05, 3.63) is 89.5 Å². The molecule has 0 saturated heterocycles. The van der Waals surface area contributed by atoms with Crippen LogP contribution in [0.4, 0.5) is 13.9 Å². The average Bonchev–Trinajstić information content (AvgIpc) is 3.31. The van der Waals surface area contributed by atoms with E-state index >= 15 is 0 Å². The third-order valence-corrected chi connectivity index (χ3v) is 8.68. The summed E-state index contributed by atoms with van der Waals surface area (Å²) >= 11 is 1.01. The van der Waals surface area contributed by atoms with E-state index in [0.29, 0.717) is 25.9 Å². The van der Waals surface area contributed by atoms with Crippen molar-refractivity contribution < 1.29 is 22.0 Å². The van der Waals surface area contributed by atoms with Crippen LogP contribution in [0.2, 0.25) is 0 Å². The molecule has 194 valence electrons. The number of aromatic nitrogens is 1. The Morgan fingerprint density at radius 1 is 0.946 bits per heavy atom. The lowest BCUT2D eigenvalue weighted by molar-refractivity contribution is 0.0985. The smallest absolute Gasteiger partial charge is 0.260 e. The SMILES string of the molecule is CCCN(CCC)S(=O)(=O)c1ccc(C(=O)N(Cc2ccccc2)c2nc3c(F)cc(F)cc3s2)cc1. The molecule has 0 aliphatic carbocycles. The largest absolute Gasteiger partial charge is 0.279 e. The van der Waals surface area contributed by atoms with Gasteiger partial charge in [-0.15, -0.1) is 0 Å². The highest BCUT2D eigenvalue weighted by Gasteiger charge is 2.26. The van der Waals surface area contributed by atoms with Crippen LogP contribution in [0.15, 0.2) is 71.6 Å². The fraction of sp³-hybridized carbons (Fsp3) is 0.259. The third-order valence-electron chi connectivity index (χ3n) is 5.75. The molecule has 1 amide bonds. The second-order valence-corrected chi connectivity index (χ2v) is 11.5. The summed E-state index contributed by atoms with van der Waals surface area (Å²) in [4.78, 5) is 19.4. The Labute approximate surface area is 219 Å². The standard InChI is InChI=1S/C27H27F2N3O3S2/c1-3-14-31(15-4-2)37(34,35)22-12-10-20(11-13-22)26(33)32(18-19-8-6-5-7-9-19)27-30-25-23(29)16-21(28)17-24(25)36-27/h5-13,16-17H,3-4,14-15,18H2,1-2H3. The fourth-order valence-electron chi connectivity index (χ4n) is 3.98. The van der Waals surface area contributed by atoms with Gasteiger partial charge in [-0.3, -0.25) is 9.69 Å². The number of rotatable bonds is 10. The van der Waals surface area contributed by atoms with E-state index in [1.54, 1.807) is 0 Å². The number of carbonyl (C=O) groups excluding carboxylic acids is 1.